The minimum Gasteiger partial charge on any atom is -0.298 e. The third-order valence-electron chi connectivity index (χ3n) is 4.34. The molecule has 0 aliphatic carbocycles. The van der Waals surface area contributed by atoms with Gasteiger partial charge in [-0.05, 0) is 51.6 Å². The van der Waals surface area contributed by atoms with Gasteiger partial charge in [0.05, 0.1) is 0 Å². The molecule has 1 heterocycles. The van der Waals surface area contributed by atoms with Gasteiger partial charge in [0.15, 0.2) is 0 Å². The molecule has 1 fully saturated rings. The zero-order valence-corrected chi connectivity index (χ0v) is 11.4. The Hall–Kier alpha value is -0.0400. The van der Waals surface area contributed by atoms with Crippen molar-refractivity contribution >= 4 is 0 Å². The minimum absolute atomic E-state index is 0.446. The van der Waals surface area contributed by atoms with Crippen LogP contribution in [-0.4, -0.2) is 23.5 Å². The number of piperidine rings is 1. The van der Waals surface area contributed by atoms with Crippen LogP contribution in [0.15, 0.2) is 0 Å². The van der Waals surface area contributed by atoms with Gasteiger partial charge < -0.3 is 0 Å². The quantitative estimate of drug-likeness (QED) is 0.677. The van der Waals surface area contributed by atoms with E-state index in [-0.39, 0.29) is 0 Å². The maximum Gasteiger partial charge on any atom is 0.0153 e. The molecule has 1 heteroatoms. The molecule has 0 bridgehead atoms. The summed E-state index contributed by atoms with van der Waals surface area (Å²) in [6, 6.07) is 0. The molecule has 0 N–H and O–H groups in total. The summed E-state index contributed by atoms with van der Waals surface area (Å²) in [7, 11) is 0. The largest absolute Gasteiger partial charge is 0.298 e. The summed E-state index contributed by atoms with van der Waals surface area (Å²) in [4.78, 5) is 2.70. The van der Waals surface area contributed by atoms with Gasteiger partial charge in [0, 0.05) is 5.54 Å². The van der Waals surface area contributed by atoms with Crippen molar-refractivity contribution in [2.24, 2.45) is 5.41 Å². The van der Waals surface area contributed by atoms with Crippen LogP contribution < -0.4 is 0 Å². The Bertz CT molecular complexity index is 194. The van der Waals surface area contributed by atoms with Crippen LogP contribution >= 0.6 is 0 Å². The third kappa shape index (κ3) is 3.79. The average molecular weight is 211 g/mol. The summed E-state index contributed by atoms with van der Waals surface area (Å²) < 4.78 is 0. The van der Waals surface area contributed by atoms with Gasteiger partial charge in [-0.2, -0.15) is 0 Å². The standard InChI is InChI=1S/C14H29N/c1-6-13(2,3)10-12-15-11-8-7-9-14(15,4)5/h6-12H2,1-5H3. The number of nitrogens with zero attached hydrogens (tertiary/aromatic N) is 1. The van der Waals surface area contributed by atoms with E-state index in [0.717, 1.165) is 0 Å². The summed E-state index contributed by atoms with van der Waals surface area (Å²) in [5.41, 5.74) is 0.968. The summed E-state index contributed by atoms with van der Waals surface area (Å²) in [6.45, 7) is 14.5. The van der Waals surface area contributed by atoms with Crippen molar-refractivity contribution in [3.05, 3.63) is 0 Å². The van der Waals surface area contributed by atoms with Crippen LogP contribution in [0.5, 0.6) is 0 Å². The molecule has 90 valence electrons. The number of rotatable bonds is 4. The first kappa shape index (κ1) is 13.0. The lowest BCUT2D eigenvalue weighted by Crippen LogP contribution is -2.48. The molecule has 0 aromatic carbocycles. The second-order valence-corrected chi connectivity index (χ2v) is 6.52. The van der Waals surface area contributed by atoms with E-state index in [1.807, 2.05) is 0 Å². The fourth-order valence-corrected chi connectivity index (χ4v) is 2.35. The van der Waals surface area contributed by atoms with E-state index < -0.39 is 0 Å². The highest BCUT2D eigenvalue weighted by Gasteiger charge is 2.30. The van der Waals surface area contributed by atoms with Gasteiger partial charge >= 0.3 is 0 Å². The van der Waals surface area contributed by atoms with Gasteiger partial charge in [-0.15, -0.1) is 0 Å². The molecule has 0 aromatic rings. The van der Waals surface area contributed by atoms with E-state index >= 15 is 0 Å². The molecule has 0 amide bonds. The van der Waals surface area contributed by atoms with Crippen LogP contribution in [-0.2, 0) is 0 Å². The third-order valence-corrected chi connectivity index (χ3v) is 4.34. The van der Waals surface area contributed by atoms with Gasteiger partial charge in [0.1, 0.15) is 0 Å². The second-order valence-electron chi connectivity index (χ2n) is 6.52. The van der Waals surface area contributed by atoms with E-state index in [1.54, 1.807) is 0 Å². The highest BCUT2D eigenvalue weighted by molar-refractivity contribution is 4.86. The predicted molar refractivity (Wildman–Crippen MR) is 68.2 cm³/mol. The van der Waals surface area contributed by atoms with Gasteiger partial charge in [-0.25, -0.2) is 0 Å². The van der Waals surface area contributed by atoms with Crippen molar-refractivity contribution in [3.8, 4) is 0 Å². The lowest BCUT2D eigenvalue weighted by atomic mass is 9.84. The summed E-state index contributed by atoms with van der Waals surface area (Å²) >= 11 is 0. The van der Waals surface area contributed by atoms with Crippen LogP contribution in [0.2, 0.25) is 0 Å². The van der Waals surface area contributed by atoms with E-state index in [4.69, 9.17) is 0 Å². The van der Waals surface area contributed by atoms with Crippen LogP contribution in [0, 0.1) is 5.41 Å². The van der Waals surface area contributed by atoms with E-state index in [9.17, 15) is 0 Å². The van der Waals surface area contributed by atoms with E-state index in [1.165, 1.54) is 45.2 Å². The van der Waals surface area contributed by atoms with Crippen molar-refractivity contribution in [2.45, 2.75) is 72.3 Å². The predicted octanol–water partition coefficient (Wildman–Crippen LogP) is 4.08. The van der Waals surface area contributed by atoms with Crippen LogP contribution in [0.25, 0.3) is 0 Å². The maximum absolute atomic E-state index is 2.70. The van der Waals surface area contributed by atoms with Gasteiger partial charge in [0.2, 0.25) is 0 Å². The van der Waals surface area contributed by atoms with E-state index in [2.05, 4.69) is 39.5 Å². The lowest BCUT2D eigenvalue weighted by Gasteiger charge is -2.43. The Morgan fingerprint density at radius 2 is 1.87 bits per heavy atom. The molecule has 1 aliphatic heterocycles. The zero-order chi connectivity index (χ0) is 11.5. The number of likely N-dealkylation sites (tertiary alicyclic amines) is 1. The molecule has 0 radical (unpaired) electrons. The summed E-state index contributed by atoms with van der Waals surface area (Å²) in [5.74, 6) is 0. The molecular weight excluding hydrogens is 182 g/mol. The average Bonchev–Trinajstić information content (AvgIpc) is 2.16. The smallest absolute Gasteiger partial charge is 0.0153 e. The first-order chi connectivity index (χ1) is 6.87. The fourth-order valence-electron chi connectivity index (χ4n) is 2.35. The van der Waals surface area contributed by atoms with Crippen molar-refractivity contribution in [3.63, 3.8) is 0 Å². The summed E-state index contributed by atoms with van der Waals surface area (Å²) in [6.07, 6.45) is 6.82. The summed E-state index contributed by atoms with van der Waals surface area (Å²) in [5, 5.41) is 0. The molecule has 1 nitrogen and oxygen atoms in total. The van der Waals surface area contributed by atoms with Crippen molar-refractivity contribution in [2.75, 3.05) is 13.1 Å². The lowest BCUT2D eigenvalue weighted by molar-refractivity contribution is 0.0633. The molecule has 0 atom stereocenters. The molecule has 0 spiro atoms. The monoisotopic (exact) mass is 211 g/mol. The topological polar surface area (TPSA) is 3.24 Å². The van der Waals surface area contributed by atoms with E-state index in [0.29, 0.717) is 11.0 Å². The molecular formula is C14H29N. The highest BCUT2D eigenvalue weighted by atomic mass is 15.2. The Morgan fingerprint density at radius 3 is 2.40 bits per heavy atom. The Morgan fingerprint density at radius 1 is 1.20 bits per heavy atom. The molecule has 15 heavy (non-hydrogen) atoms. The Kier molecular flexibility index (Phi) is 4.22. The van der Waals surface area contributed by atoms with Gasteiger partial charge in [-0.3, -0.25) is 4.90 Å². The van der Waals surface area contributed by atoms with Crippen molar-refractivity contribution in [1.29, 1.82) is 0 Å². The molecule has 0 saturated carbocycles. The fraction of sp³-hybridized carbons (Fsp3) is 1.00. The Balaban J connectivity index is 2.43. The SMILES string of the molecule is CCC(C)(C)CCN1CCCCC1(C)C. The highest BCUT2D eigenvalue weighted by Crippen LogP contribution is 2.30. The second kappa shape index (κ2) is 4.86. The number of hydrogen-bond acceptors (Lipinski definition) is 1. The number of hydrogen-bond donors (Lipinski definition) is 0. The van der Waals surface area contributed by atoms with Crippen molar-refractivity contribution in [1.82, 2.24) is 4.90 Å². The molecule has 1 saturated heterocycles. The zero-order valence-electron chi connectivity index (χ0n) is 11.4. The van der Waals surface area contributed by atoms with Gasteiger partial charge in [0.25, 0.3) is 0 Å². The molecule has 0 unspecified atom stereocenters. The minimum atomic E-state index is 0.446. The van der Waals surface area contributed by atoms with Crippen LogP contribution in [0.4, 0.5) is 0 Å². The first-order valence-electron chi connectivity index (χ1n) is 6.62. The first-order valence-corrected chi connectivity index (χ1v) is 6.62. The Labute approximate surface area is 96.2 Å². The maximum atomic E-state index is 2.70. The molecule has 1 aliphatic rings. The molecule has 1 rings (SSSR count). The van der Waals surface area contributed by atoms with Crippen molar-refractivity contribution < 1.29 is 0 Å². The molecule has 0 aromatic heterocycles. The normalized spacial score (nSPS) is 23.0. The van der Waals surface area contributed by atoms with Crippen LogP contribution in [0.3, 0.4) is 0 Å². The van der Waals surface area contributed by atoms with Gasteiger partial charge in [-0.1, -0.05) is 33.6 Å². The van der Waals surface area contributed by atoms with Crippen LogP contribution in [0.1, 0.15) is 66.7 Å².